The van der Waals surface area contributed by atoms with E-state index in [1.165, 1.54) is 83.5 Å². The molecule has 0 saturated heterocycles. The summed E-state index contributed by atoms with van der Waals surface area (Å²) in [6.07, 6.45) is 0. The highest BCUT2D eigenvalue weighted by atomic mass is 14.2. The van der Waals surface area contributed by atoms with Crippen molar-refractivity contribution in [1.82, 2.24) is 0 Å². The minimum atomic E-state index is 1.22. The van der Waals surface area contributed by atoms with E-state index in [0.717, 1.165) is 0 Å². The lowest BCUT2D eigenvalue weighted by Gasteiger charge is -2.15. The Labute approximate surface area is 267 Å². The first kappa shape index (κ1) is 28.3. The minimum absolute atomic E-state index is 1.22. The van der Waals surface area contributed by atoms with Crippen LogP contribution in [0.5, 0.6) is 0 Å². The van der Waals surface area contributed by atoms with E-state index in [-0.39, 0.29) is 0 Å². The third kappa shape index (κ3) is 6.28. The number of aryl methyl sites for hydroxylation is 3. The molecule has 0 bridgehead atoms. The molecule has 0 heterocycles. The average molecular weight is 577 g/mol. The van der Waals surface area contributed by atoms with Gasteiger partial charge in [0.05, 0.1) is 0 Å². The van der Waals surface area contributed by atoms with Crippen LogP contribution in [0.1, 0.15) is 16.7 Å². The first-order chi connectivity index (χ1) is 22.0. The van der Waals surface area contributed by atoms with Crippen LogP contribution in [-0.4, -0.2) is 0 Å². The molecule has 0 unspecified atom stereocenters. The van der Waals surface area contributed by atoms with E-state index in [1.807, 2.05) is 0 Å². The molecule has 7 aromatic rings. The lowest BCUT2D eigenvalue weighted by Crippen LogP contribution is -1.90. The minimum Gasteiger partial charge on any atom is -0.0622 e. The first-order valence-corrected chi connectivity index (χ1v) is 15.7. The Balaban J connectivity index is 1.39. The molecule has 0 fully saturated rings. The van der Waals surface area contributed by atoms with Gasteiger partial charge < -0.3 is 0 Å². The second kappa shape index (κ2) is 12.3. The van der Waals surface area contributed by atoms with E-state index >= 15 is 0 Å². The van der Waals surface area contributed by atoms with Crippen LogP contribution in [0.3, 0.4) is 0 Å². The van der Waals surface area contributed by atoms with E-state index in [0.29, 0.717) is 0 Å². The van der Waals surface area contributed by atoms with Crippen LogP contribution in [0.4, 0.5) is 0 Å². The van der Waals surface area contributed by atoms with Gasteiger partial charge in [0, 0.05) is 0 Å². The van der Waals surface area contributed by atoms with Crippen molar-refractivity contribution in [2.75, 3.05) is 0 Å². The van der Waals surface area contributed by atoms with Gasteiger partial charge in [-0.15, -0.1) is 0 Å². The van der Waals surface area contributed by atoms with Gasteiger partial charge in [0.25, 0.3) is 0 Å². The Morgan fingerprint density at radius 3 is 0.756 bits per heavy atom. The van der Waals surface area contributed by atoms with Crippen molar-refractivity contribution >= 4 is 0 Å². The SMILES string of the molecule is Cc1ccc(-c2cc(-c3ccccc3)cc(-c3cc(C)cc(-c4cc(-c5ccccc5)cc(-c5ccc(C)cc5)c4)c3)c2)cc1. The Bertz CT molecular complexity index is 1930. The Morgan fingerprint density at radius 1 is 0.200 bits per heavy atom. The second-order valence-corrected chi connectivity index (χ2v) is 12.1. The number of benzene rings is 7. The predicted octanol–water partition coefficient (Wildman–Crippen LogP) is 12.6. The highest BCUT2D eigenvalue weighted by Crippen LogP contribution is 2.38. The molecule has 0 spiro atoms. The zero-order valence-electron chi connectivity index (χ0n) is 26.1. The fourth-order valence-electron chi connectivity index (χ4n) is 6.12. The summed E-state index contributed by atoms with van der Waals surface area (Å²) in [5.41, 5.74) is 18.4. The summed E-state index contributed by atoms with van der Waals surface area (Å²) >= 11 is 0. The van der Waals surface area contributed by atoms with Crippen LogP contribution in [0.25, 0.3) is 66.8 Å². The molecule has 0 aromatic heterocycles. The molecule has 0 amide bonds. The van der Waals surface area contributed by atoms with E-state index in [9.17, 15) is 0 Å². The molecule has 0 saturated carbocycles. The van der Waals surface area contributed by atoms with Crippen molar-refractivity contribution in [3.63, 3.8) is 0 Å². The van der Waals surface area contributed by atoms with Gasteiger partial charge in [0.1, 0.15) is 0 Å². The van der Waals surface area contributed by atoms with Gasteiger partial charge in [0.15, 0.2) is 0 Å². The molecule has 0 aliphatic heterocycles. The monoisotopic (exact) mass is 576 g/mol. The molecule has 0 heteroatoms. The first-order valence-electron chi connectivity index (χ1n) is 15.7. The summed E-state index contributed by atoms with van der Waals surface area (Å²) in [6, 6.07) is 60.1. The van der Waals surface area contributed by atoms with E-state index in [2.05, 4.69) is 185 Å². The number of hydrogen-bond acceptors (Lipinski definition) is 0. The lowest BCUT2D eigenvalue weighted by molar-refractivity contribution is 1.45. The van der Waals surface area contributed by atoms with E-state index in [1.54, 1.807) is 0 Å². The van der Waals surface area contributed by atoms with E-state index < -0.39 is 0 Å². The molecular weight excluding hydrogens is 540 g/mol. The molecule has 216 valence electrons. The molecule has 0 nitrogen and oxygen atoms in total. The molecule has 0 N–H and O–H groups in total. The van der Waals surface area contributed by atoms with Gasteiger partial charge in [0.2, 0.25) is 0 Å². The fraction of sp³-hybridized carbons (Fsp3) is 0.0667. The molecule has 45 heavy (non-hydrogen) atoms. The molecule has 7 aromatic carbocycles. The maximum Gasteiger partial charge on any atom is -0.0171 e. The summed E-state index contributed by atoms with van der Waals surface area (Å²) in [6.45, 7) is 6.48. The van der Waals surface area contributed by atoms with Crippen LogP contribution < -0.4 is 0 Å². The molecule has 0 aliphatic carbocycles. The number of rotatable bonds is 6. The average Bonchev–Trinajstić information content (AvgIpc) is 3.09. The van der Waals surface area contributed by atoms with Gasteiger partial charge in [-0.2, -0.15) is 0 Å². The van der Waals surface area contributed by atoms with Crippen molar-refractivity contribution in [1.29, 1.82) is 0 Å². The fourth-order valence-corrected chi connectivity index (χ4v) is 6.12. The van der Waals surface area contributed by atoms with Crippen LogP contribution in [0, 0.1) is 20.8 Å². The van der Waals surface area contributed by atoms with Crippen molar-refractivity contribution in [3.8, 4) is 66.8 Å². The van der Waals surface area contributed by atoms with Crippen LogP contribution in [0.2, 0.25) is 0 Å². The van der Waals surface area contributed by atoms with Crippen LogP contribution >= 0.6 is 0 Å². The van der Waals surface area contributed by atoms with E-state index in [4.69, 9.17) is 0 Å². The Kier molecular flexibility index (Phi) is 7.72. The third-order valence-corrected chi connectivity index (χ3v) is 8.59. The largest absolute Gasteiger partial charge is 0.0622 e. The predicted molar refractivity (Wildman–Crippen MR) is 193 cm³/mol. The third-order valence-electron chi connectivity index (χ3n) is 8.59. The van der Waals surface area contributed by atoms with Crippen LogP contribution in [-0.2, 0) is 0 Å². The summed E-state index contributed by atoms with van der Waals surface area (Å²) in [7, 11) is 0. The van der Waals surface area contributed by atoms with Gasteiger partial charge >= 0.3 is 0 Å². The Morgan fingerprint density at radius 2 is 0.444 bits per heavy atom. The van der Waals surface area contributed by atoms with Crippen molar-refractivity contribution in [3.05, 3.63) is 180 Å². The molecular formula is C45H36. The maximum atomic E-state index is 2.36. The quantitative estimate of drug-likeness (QED) is 0.185. The normalized spacial score (nSPS) is 11.0. The molecule has 0 radical (unpaired) electrons. The smallest absolute Gasteiger partial charge is 0.0171 e. The number of hydrogen-bond donors (Lipinski definition) is 0. The topological polar surface area (TPSA) is 0 Å². The summed E-state index contributed by atoms with van der Waals surface area (Å²) in [5, 5.41) is 0. The summed E-state index contributed by atoms with van der Waals surface area (Å²) in [5.74, 6) is 0. The molecule has 0 atom stereocenters. The standard InChI is InChI=1S/C45H36/c1-31-14-18-36(19-15-31)42-25-40(34-10-6-4-7-11-34)27-44(29-42)38-22-33(3)23-39(24-38)45-28-41(35-12-8-5-9-13-35)26-43(30-45)37-20-16-32(2)17-21-37/h4-30H,1-3H3. The van der Waals surface area contributed by atoms with Crippen molar-refractivity contribution in [2.45, 2.75) is 20.8 Å². The molecule has 7 rings (SSSR count). The van der Waals surface area contributed by atoms with Gasteiger partial charge in [-0.05, 0) is 136 Å². The van der Waals surface area contributed by atoms with Crippen molar-refractivity contribution < 1.29 is 0 Å². The summed E-state index contributed by atoms with van der Waals surface area (Å²) < 4.78 is 0. The Hall–Kier alpha value is -5.46. The maximum absolute atomic E-state index is 2.36. The van der Waals surface area contributed by atoms with Gasteiger partial charge in [-0.25, -0.2) is 0 Å². The zero-order chi connectivity index (χ0) is 30.8. The van der Waals surface area contributed by atoms with Crippen LogP contribution in [0.15, 0.2) is 164 Å². The molecule has 0 aliphatic rings. The van der Waals surface area contributed by atoms with Gasteiger partial charge in [-0.3, -0.25) is 0 Å². The lowest BCUT2D eigenvalue weighted by atomic mass is 9.89. The second-order valence-electron chi connectivity index (χ2n) is 12.1. The highest BCUT2D eigenvalue weighted by Gasteiger charge is 2.12. The van der Waals surface area contributed by atoms with Crippen molar-refractivity contribution in [2.24, 2.45) is 0 Å². The van der Waals surface area contributed by atoms with Gasteiger partial charge in [-0.1, -0.05) is 132 Å². The summed E-state index contributed by atoms with van der Waals surface area (Å²) in [4.78, 5) is 0. The highest BCUT2D eigenvalue weighted by molar-refractivity contribution is 5.86. The zero-order valence-corrected chi connectivity index (χ0v) is 26.1.